The van der Waals surface area contributed by atoms with Crippen LogP contribution in [-0.2, 0) is 9.59 Å². The maximum Gasteiger partial charge on any atom is 0.244 e. The Kier molecular flexibility index (Phi) is 5.14. The quantitative estimate of drug-likeness (QED) is 0.869. The number of likely N-dealkylation sites (N-methyl/N-ethyl adjacent to an activating group) is 1. The van der Waals surface area contributed by atoms with Crippen LogP contribution in [0.15, 0.2) is 40.9 Å². The molecule has 0 radical (unpaired) electrons. The van der Waals surface area contributed by atoms with E-state index in [1.54, 1.807) is 17.9 Å². The molecule has 1 saturated heterocycles. The summed E-state index contributed by atoms with van der Waals surface area (Å²) in [7, 11) is 0. The van der Waals surface area contributed by atoms with E-state index in [0.717, 1.165) is 5.69 Å². The Morgan fingerprint density at radius 1 is 1.40 bits per heavy atom. The van der Waals surface area contributed by atoms with Gasteiger partial charge in [-0.05, 0) is 32.0 Å². The number of anilines is 2. The molecule has 7 nitrogen and oxygen atoms in total. The van der Waals surface area contributed by atoms with Crippen molar-refractivity contribution in [2.24, 2.45) is 0 Å². The first-order valence-electron chi connectivity index (χ1n) is 8.42. The molecular formula is C18H22N4O3. The minimum atomic E-state index is -0.285. The summed E-state index contributed by atoms with van der Waals surface area (Å²) in [5.41, 5.74) is 1.60. The molecule has 1 fully saturated rings. The summed E-state index contributed by atoms with van der Waals surface area (Å²) in [6, 6.07) is 11.0. The van der Waals surface area contributed by atoms with Gasteiger partial charge in [0, 0.05) is 18.3 Å². The number of carbonyl (C=O) groups excluding carboxylic acids is 2. The summed E-state index contributed by atoms with van der Waals surface area (Å²) in [6.45, 7) is 5.14. The molecule has 0 bridgehead atoms. The standard InChI is InChI=1S/C18H22N4O3/c1-3-21(12-16(23)19-17-11-13(2)20-25-17)15-9-10-22(18(15)24)14-7-5-4-6-8-14/h4-8,11,15H,3,9-10,12H2,1-2H3,(H,19,23)/t15-/m1/s1. The van der Waals surface area contributed by atoms with Gasteiger partial charge in [-0.15, -0.1) is 0 Å². The van der Waals surface area contributed by atoms with Gasteiger partial charge in [-0.25, -0.2) is 0 Å². The van der Waals surface area contributed by atoms with Crippen LogP contribution in [0.4, 0.5) is 11.6 Å². The van der Waals surface area contributed by atoms with E-state index in [4.69, 9.17) is 4.52 Å². The third-order valence-electron chi connectivity index (χ3n) is 4.33. The first-order valence-corrected chi connectivity index (χ1v) is 8.42. The lowest BCUT2D eigenvalue weighted by molar-refractivity contribution is -0.123. The lowest BCUT2D eigenvalue weighted by atomic mass is 10.2. The largest absolute Gasteiger partial charge is 0.338 e. The Balaban J connectivity index is 1.63. The highest BCUT2D eigenvalue weighted by atomic mass is 16.5. The Morgan fingerprint density at radius 2 is 2.16 bits per heavy atom. The van der Waals surface area contributed by atoms with E-state index in [2.05, 4.69) is 10.5 Å². The topological polar surface area (TPSA) is 78.7 Å². The number of hydrogen-bond acceptors (Lipinski definition) is 5. The Labute approximate surface area is 146 Å². The predicted molar refractivity (Wildman–Crippen MR) is 94.3 cm³/mol. The van der Waals surface area contributed by atoms with E-state index in [1.807, 2.05) is 42.2 Å². The fraction of sp³-hybridized carbons (Fsp3) is 0.389. The summed E-state index contributed by atoms with van der Waals surface area (Å²) in [4.78, 5) is 28.7. The Hall–Kier alpha value is -2.67. The Morgan fingerprint density at radius 3 is 2.80 bits per heavy atom. The number of rotatable bonds is 6. The molecule has 2 aromatic rings. The highest BCUT2D eigenvalue weighted by Gasteiger charge is 2.36. The van der Waals surface area contributed by atoms with Crippen LogP contribution in [0.25, 0.3) is 0 Å². The van der Waals surface area contributed by atoms with E-state index in [1.165, 1.54) is 0 Å². The van der Waals surface area contributed by atoms with Gasteiger partial charge in [0.1, 0.15) is 0 Å². The average Bonchev–Trinajstić information content (AvgIpc) is 3.19. The molecule has 0 aliphatic carbocycles. The molecule has 1 aromatic carbocycles. The van der Waals surface area contributed by atoms with Crippen molar-refractivity contribution in [1.29, 1.82) is 0 Å². The van der Waals surface area contributed by atoms with Crippen molar-refractivity contribution in [3.05, 3.63) is 42.1 Å². The molecule has 3 rings (SSSR count). The molecule has 2 heterocycles. The van der Waals surface area contributed by atoms with E-state index < -0.39 is 0 Å². The second-order valence-electron chi connectivity index (χ2n) is 6.07. The molecule has 0 unspecified atom stereocenters. The average molecular weight is 342 g/mol. The zero-order chi connectivity index (χ0) is 17.8. The summed E-state index contributed by atoms with van der Waals surface area (Å²) in [6.07, 6.45) is 0.705. The van der Waals surface area contributed by atoms with Crippen molar-refractivity contribution >= 4 is 23.4 Å². The fourth-order valence-corrected chi connectivity index (χ4v) is 3.09. The van der Waals surface area contributed by atoms with Crippen molar-refractivity contribution in [2.75, 3.05) is 29.9 Å². The predicted octanol–water partition coefficient (Wildman–Crippen LogP) is 2.05. The van der Waals surface area contributed by atoms with Crippen molar-refractivity contribution < 1.29 is 14.1 Å². The number of benzene rings is 1. The van der Waals surface area contributed by atoms with Crippen LogP contribution in [0.5, 0.6) is 0 Å². The van der Waals surface area contributed by atoms with Gasteiger partial charge in [-0.3, -0.25) is 19.8 Å². The minimum Gasteiger partial charge on any atom is -0.338 e. The summed E-state index contributed by atoms with van der Waals surface area (Å²) >= 11 is 0. The van der Waals surface area contributed by atoms with Gasteiger partial charge in [-0.2, -0.15) is 0 Å². The first-order chi connectivity index (χ1) is 12.1. The number of carbonyl (C=O) groups is 2. The molecule has 2 amide bonds. The van der Waals surface area contributed by atoms with Gasteiger partial charge in [0.2, 0.25) is 17.7 Å². The van der Waals surface area contributed by atoms with Crippen molar-refractivity contribution in [2.45, 2.75) is 26.3 Å². The zero-order valence-electron chi connectivity index (χ0n) is 14.4. The number of hydrogen-bond donors (Lipinski definition) is 1. The van der Waals surface area contributed by atoms with E-state index in [9.17, 15) is 9.59 Å². The molecule has 7 heteroatoms. The molecule has 1 aromatic heterocycles. The Bertz CT molecular complexity index is 744. The van der Waals surface area contributed by atoms with Crippen LogP contribution >= 0.6 is 0 Å². The monoisotopic (exact) mass is 342 g/mol. The normalized spacial score (nSPS) is 17.3. The molecule has 132 valence electrons. The number of nitrogens with one attached hydrogen (secondary N) is 1. The minimum absolute atomic E-state index is 0.0383. The van der Waals surface area contributed by atoms with E-state index in [0.29, 0.717) is 31.1 Å². The number of amides is 2. The molecule has 1 N–H and O–H groups in total. The highest BCUT2D eigenvalue weighted by molar-refractivity contribution is 6.00. The lowest BCUT2D eigenvalue weighted by Gasteiger charge is -2.25. The summed E-state index contributed by atoms with van der Waals surface area (Å²) < 4.78 is 5.00. The molecular weight excluding hydrogens is 320 g/mol. The maximum atomic E-state index is 12.8. The van der Waals surface area contributed by atoms with Gasteiger partial charge < -0.3 is 9.42 Å². The van der Waals surface area contributed by atoms with Crippen molar-refractivity contribution in [1.82, 2.24) is 10.1 Å². The third kappa shape index (κ3) is 3.88. The van der Waals surface area contributed by atoms with Crippen molar-refractivity contribution in [3.8, 4) is 0 Å². The number of nitrogens with zero attached hydrogens (tertiary/aromatic N) is 3. The second kappa shape index (κ2) is 7.48. The SMILES string of the molecule is CCN(CC(=O)Nc1cc(C)no1)[C@@H]1CCN(c2ccccc2)C1=O. The molecule has 1 aliphatic heterocycles. The number of para-hydroxylation sites is 1. The van der Waals surface area contributed by atoms with Gasteiger partial charge in [0.05, 0.1) is 18.3 Å². The third-order valence-corrected chi connectivity index (χ3v) is 4.33. The molecule has 1 atom stereocenters. The van der Waals surface area contributed by atoms with E-state index >= 15 is 0 Å². The molecule has 0 saturated carbocycles. The van der Waals surface area contributed by atoms with Crippen LogP contribution in [-0.4, -0.2) is 47.5 Å². The zero-order valence-corrected chi connectivity index (χ0v) is 14.4. The van der Waals surface area contributed by atoms with Gasteiger partial charge in [-0.1, -0.05) is 30.3 Å². The van der Waals surface area contributed by atoms with Crippen LogP contribution in [0.2, 0.25) is 0 Å². The fourth-order valence-electron chi connectivity index (χ4n) is 3.09. The maximum absolute atomic E-state index is 12.8. The van der Waals surface area contributed by atoms with E-state index in [-0.39, 0.29) is 24.4 Å². The van der Waals surface area contributed by atoms with Crippen LogP contribution < -0.4 is 10.2 Å². The molecule has 0 spiro atoms. The van der Waals surface area contributed by atoms with Crippen LogP contribution in [0.1, 0.15) is 19.0 Å². The highest BCUT2D eigenvalue weighted by Crippen LogP contribution is 2.24. The van der Waals surface area contributed by atoms with Gasteiger partial charge in [0.25, 0.3) is 0 Å². The van der Waals surface area contributed by atoms with Crippen LogP contribution in [0, 0.1) is 6.92 Å². The smallest absolute Gasteiger partial charge is 0.244 e. The number of aromatic nitrogens is 1. The van der Waals surface area contributed by atoms with Crippen molar-refractivity contribution in [3.63, 3.8) is 0 Å². The van der Waals surface area contributed by atoms with Gasteiger partial charge >= 0.3 is 0 Å². The number of aryl methyl sites for hydroxylation is 1. The molecule has 1 aliphatic rings. The van der Waals surface area contributed by atoms with Crippen LogP contribution in [0.3, 0.4) is 0 Å². The lowest BCUT2D eigenvalue weighted by Crippen LogP contribution is -2.45. The first kappa shape index (κ1) is 17.2. The summed E-state index contributed by atoms with van der Waals surface area (Å²) in [5, 5.41) is 6.41. The summed E-state index contributed by atoms with van der Waals surface area (Å²) in [5.74, 6) is 0.141. The van der Waals surface area contributed by atoms with Gasteiger partial charge in [0.15, 0.2) is 0 Å². The second-order valence-corrected chi connectivity index (χ2v) is 6.07. The molecule has 25 heavy (non-hydrogen) atoms.